The topological polar surface area (TPSA) is 99.4 Å². The van der Waals surface area contributed by atoms with Crippen LogP contribution in [0.4, 0.5) is 0 Å². The molecule has 1 aromatic carbocycles. The lowest BCUT2D eigenvalue weighted by atomic mass is 9.81. The maximum absolute atomic E-state index is 13.4. The van der Waals surface area contributed by atoms with Crippen LogP contribution < -0.4 is 11.0 Å². The third kappa shape index (κ3) is 5.59. The van der Waals surface area contributed by atoms with Crippen molar-refractivity contribution in [2.45, 2.75) is 64.0 Å². The van der Waals surface area contributed by atoms with E-state index in [4.69, 9.17) is 4.52 Å². The minimum atomic E-state index is -0.0551. The van der Waals surface area contributed by atoms with E-state index in [1.54, 1.807) is 0 Å². The molecule has 2 unspecified atom stereocenters. The number of nitrogens with one attached hydrogen (secondary N) is 2. The van der Waals surface area contributed by atoms with Gasteiger partial charge >= 0.3 is 5.69 Å². The average molecular weight is 521 g/mol. The number of hydrogen-bond acceptors (Lipinski definition) is 6. The van der Waals surface area contributed by atoms with Gasteiger partial charge in [0.1, 0.15) is 0 Å². The molecule has 2 aromatic heterocycles. The van der Waals surface area contributed by atoms with Gasteiger partial charge in [-0.3, -0.25) is 14.3 Å². The number of aromatic nitrogens is 3. The zero-order chi connectivity index (χ0) is 25.9. The van der Waals surface area contributed by atoms with Gasteiger partial charge in [-0.15, -0.1) is 0 Å². The lowest BCUT2D eigenvalue weighted by molar-refractivity contribution is -0.134. The number of fused-ring (bicyclic) bond motifs is 1. The Morgan fingerprint density at radius 2 is 1.84 bits per heavy atom. The van der Waals surface area contributed by atoms with E-state index < -0.39 is 0 Å². The number of H-pyrrole nitrogens is 1. The van der Waals surface area contributed by atoms with Crippen molar-refractivity contribution in [2.24, 2.45) is 11.8 Å². The van der Waals surface area contributed by atoms with Crippen molar-refractivity contribution in [3.63, 3.8) is 0 Å². The third-order valence-electron chi connectivity index (χ3n) is 8.92. The van der Waals surface area contributed by atoms with E-state index in [0.29, 0.717) is 31.3 Å². The van der Waals surface area contributed by atoms with Crippen LogP contribution in [0.5, 0.6) is 0 Å². The van der Waals surface area contributed by atoms with Crippen molar-refractivity contribution >= 4 is 16.9 Å². The van der Waals surface area contributed by atoms with Crippen LogP contribution in [-0.4, -0.2) is 69.7 Å². The Bertz CT molecular complexity index is 1280. The number of imidazole rings is 1. The number of nitrogens with zero attached hydrogens (tertiary/aromatic N) is 4. The number of para-hydroxylation sites is 2. The first kappa shape index (κ1) is 25.4. The monoisotopic (exact) mass is 520 g/mol. The summed E-state index contributed by atoms with van der Waals surface area (Å²) in [5.74, 6) is 1.93. The van der Waals surface area contributed by atoms with Gasteiger partial charge < -0.3 is 19.7 Å². The summed E-state index contributed by atoms with van der Waals surface area (Å²) in [6.07, 6.45) is 7.92. The van der Waals surface area contributed by atoms with E-state index in [1.165, 1.54) is 19.3 Å². The number of carbonyl (C=O) groups excluding carboxylic acids is 1. The fourth-order valence-corrected chi connectivity index (χ4v) is 6.78. The molecular weight excluding hydrogens is 480 g/mol. The lowest BCUT2D eigenvalue weighted by Gasteiger charge is -2.36. The van der Waals surface area contributed by atoms with Crippen LogP contribution in [0.25, 0.3) is 11.0 Å². The molecule has 3 saturated heterocycles. The van der Waals surface area contributed by atoms with Gasteiger partial charge in [-0.2, -0.15) is 0 Å². The number of carbonyl (C=O) groups is 1. The van der Waals surface area contributed by atoms with Crippen LogP contribution in [-0.2, 0) is 17.8 Å². The van der Waals surface area contributed by atoms with E-state index in [-0.39, 0.29) is 17.6 Å². The number of piperidine rings is 3. The molecule has 204 valence electrons. The predicted octanol–water partition coefficient (Wildman–Crippen LogP) is 3.33. The number of likely N-dealkylation sites (tertiary alicyclic amines) is 2. The van der Waals surface area contributed by atoms with Crippen molar-refractivity contribution in [3.05, 3.63) is 52.3 Å². The van der Waals surface area contributed by atoms with Crippen LogP contribution in [0.3, 0.4) is 0 Å². The van der Waals surface area contributed by atoms with E-state index >= 15 is 0 Å². The molecular formula is C29H40N6O3. The second-order valence-corrected chi connectivity index (χ2v) is 11.5. The lowest BCUT2D eigenvalue weighted by Crippen LogP contribution is -2.44. The van der Waals surface area contributed by atoms with Crippen LogP contribution in [0.1, 0.15) is 62.4 Å². The van der Waals surface area contributed by atoms with Crippen LogP contribution in [0.15, 0.2) is 39.6 Å². The van der Waals surface area contributed by atoms with Gasteiger partial charge in [-0.25, -0.2) is 4.79 Å². The molecule has 5 heterocycles. The number of benzene rings is 1. The van der Waals surface area contributed by atoms with E-state index in [9.17, 15) is 9.59 Å². The summed E-state index contributed by atoms with van der Waals surface area (Å²) in [6.45, 7) is 6.41. The highest BCUT2D eigenvalue weighted by atomic mass is 16.5. The Morgan fingerprint density at radius 3 is 2.68 bits per heavy atom. The Labute approximate surface area is 223 Å². The molecule has 0 spiro atoms. The first-order chi connectivity index (χ1) is 18.6. The Balaban J connectivity index is 1.03. The summed E-state index contributed by atoms with van der Waals surface area (Å²) in [6, 6.07) is 10.1. The summed E-state index contributed by atoms with van der Waals surface area (Å²) in [5.41, 5.74) is 2.78. The summed E-state index contributed by atoms with van der Waals surface area (Å²) in [4.78, 5) is 33.4. The molecule has 6 rings (SSSR count). The van der Waals surface area contributed by atoms with Gasteiger partial charge in [-0.1, -0.05) is 23.7 Å². The molecule has 0 bridgehead atoms. The zero-order valence-electron chi connectivity index (χ0n) is 22.2. The zero-order valence-corrected chi connectivity index (χ0v) is 22.2. The first-order valence-electron chi connectivity index (χ1n) is 14.5. The fraction of sp³-hybridized carbons (Fsp3) is 0.621. The molecule has 9 nitrogen and oxygen atoms in total. The number of hydrogen-bond donors (Lipinski definition) is 2. The summed E-state index contributed by atoms with van der Waals surface area (Å²) in [5, 5.41) is 7.91. The highest BCUT2D eigenvalue weighted by molar-refractivity contribution is 5.77. The summed E-state index contributed by atoms with van der Waals surface area (Å²) < 4.78 is 7.57. The van der Waals surface area contributed by atoms with Crippen molar-refractivity contribution in [1.29, 1.82) is 0 Å². The maximum Gasteiger partial charge on any atom is 0.326 e. The minimum absolute atomic E-state index is 0.0551. The van der Waals surface area contributed by atoms with Gasteiger partial charge in [0, 0.05) is 31.6 Å². The molecule has 0 saturated carbocycles. The normalized spacial score (nSPS) is 23.7. The molecule has 0 aliphatic carbocycles. The predicted molar refractivity (Wildman–Crippen MR) is 146 cm³/mol. The molecule has 0 radical (unpaired) electrons. The Hall–Kier alpha value is -2.91. The molecule has 3 aliphatic heterocycles. The molecule has 38 heavy (non-hydrogen) atoms. The molecule has 1 amide bonds. The Kier molecular flexibility index (Phi) is 7.65. The minimum Gasteiger partial charge on any atom is -0.360 e. The van der Waals surface area contributed by atoms with Gasteiger partial charge in [0.25, 0.3) is 0 Å². The molecule has 3 fully saturated rings. The highest BCUT2D eigenvalue weighted by Crippen LogP contribution is 2.30. The summed E-state index contributed by atoms with van der Waals surface area (Å²) >= 11 is 0. The third-order valence-corrected chi connectivity index (χ3v) is 8.92. The van der Waals surface area contributed by atoms with Gasteiger partial charge in [0.15, 0.2) is 5.76 Å². The van der Waals surface area contributed by atoms with Gasteiger partial charge in [0.05, 0.1) is 23.3 Å². The van der Waals surface area contributed by atoms with Gasteiger partial charge in [0.2, 0.25) is 5.91 Å². The standard InChI is InChI=1S/C29H40N6O3/c36-28(34-14-9-24(10-15-34)35-27-7-3-2-6-26(27)31-29(35)37)17-21-8-11-30-19-22(21)16-23-18-25(38-32-23)20-33-12-4-1-5-13-33/h2-3,6-7,18,21-22,24,30H,1,4-5,8-17,19-20H2,(H,31,37). The van der Waals surface area contributed by atoms with Crippen LogP contribution in [0, 0.1) is 11.8 Å². The Morgan fingerprint density at radius 1 is 1.03 bits per heavy atom. The molecule has 2 N–H and O–H groups in total. The SMILES string of the molecule is O=C(CC1CCNCC1Cc1cc(CN2CCCCC2)on1)N1CCC(n2c(=O)[nH]c3ccccc32)CC1. The number of amides is 1. The summed E-state index contributed by atoms with van der Waals surface area (Å²) in [7, 11) is 0. The number of rotatable bonds is 7. The second-order valence-electron chi connectivity index (χ2n) is 11.5. The highest BCUT2D eigenvalue weighted by Gasteiger charge is 2.32. The molecule has 3 aliphatic rings. The van der Waals surface area contributed by atoms with E-state index in [2.05, 4.69) is 26.4 Å². The first-order valence-corrected chi connectivity index (χ1v) is 14.5. The molecule has 9 heteroatoms. The number of aromatic amines is 1. The van der Waals surface area contributed by atoms with Crippen LogP contribution >= 0.6 is 0 Å². The largest absolute Gasteiger partial charge is 0.360 e. The van der Waals surface area contributed by atoms with Gasteiger partial charge in [-0.05, 0) is 88.7 Å². The fourth-order valence-electron chi connectivity index (χ4n) is 6.78. The van der Waals surface area contributed by atoms with Crippen molar-refractivity contribution in [2.75, 3.05) is 39.3 Å². The maximum atomic E-state index is 13.4. The molecule has 3 aromatic rings. The second kappa shape index (κ2) is 11.5. The van der Waals surface area contributed by atoms with E-state index in [0.717, 1.165) is 80.9 Å². The van der Waals surface area contributed by atoms with Crippen molar-refractivity contribution in [3.8, 4) is 0 Å². The van der Waals surface area contributed by atoms with Crippen molar-refractivity contribution < 1.29 is 9.32 Å². The van der Waals surface area contributed by atoms with Crippen LogP contribution in [0.2, 0.25) is 0 Å². The smallest absolute Gasteiger partial charge is 0.326 e. The molecule has 2 atom stereocenters. The van der Waals surface area contributed by atoms with Crippen molar-refractivity contribution in [1.82, 2.24) is 29.8 Å². The average Bonchev–Trinajstić information content (AvgIpc) is 3.53. The quantitative estimate of drug-likeness (QED) is 0.496. The van der Waals surface area contributed by atoms with E-state index in [1.807, 2.05) is 33.7 Å².